The van der Waals surface area contributed by atoms with E-state index in [0.717, 1.165) is 77.4 Å². The molecule has 0 aliphatic rings. The third kappa shape index (κ3) is 2.76. The summed E-state index contributed by atoms with van der Waals surface area (Å²) in [6.45, 7) is 0. The molecule has 0 radical (unpaired) electrons. The second-order valence-electron chi connectivity index (χ2n) is 11.0. The summed E-state index contributed by atoms with van der Waals surface area (Å²) in [5, 5.41) is 7.01. The van der Waals surface area contributed by atoms with E-state index in [4.69, 9.17) is 14.4 Å². The second-order valence-corrected chi connectivity index (χ2v) is 11.0. The Kier molecular flexibility index (Phi) is 4.15. The molecule has 0 saturated carbocycles. The SMILES string of the molecule is c1ccc(-c2nc3ccccc3nc2-c2cc3cccc4c5ccccc5n5c6ccccc6c6oc2c(c34)c65)cc1. The van der Waals surface area contributed by atoms with Crippen LogP contribution in [0.2, 0.25) is 0 Å². The van der Waals surface area contributed by atoms with Crippen molar-refractivity contribution < 1.29 is 4.42 Å². The fraction of sp³-hybridized carbons (Fsp3) is 0. The molecule has 0 saturated heterocycles. The molecule has 4 heterocycles. The molecule has 10 aromatic rings. The maximum absolute atomic E-state index is 7.00. The van der Waals surface area contributed by atoms with Gasteiger partial charge in [-0.25, -0.2) is 9.97 Å². The summed E-state index contributed by atoms with van der Waals surface area (Å²) in [7, 11) is 0. The molecule has 0 aliphatic carbocycles. The number of hydrogen-bond acceptors (Lipinski definition) is 3. The van der Waals surface area contributed by atoms with E-state index in [1.54, 1.807) is 0 Å². The van der Waals surface area contributed by atoms with Crippen LogP contribution in [0.1, 0.15) is 0 Å². The molecular formula is C38H21N3O. The van der Waals surface area contributed by atoms with Crippen molar-refractivity contribution in [1.82, 2.24) is 14.4 Å². The monoisotopic (exact) mass is 535 g/mol. The first-order chi connectivity index (χ1) is 20.8. The van der Waals surface area contributed by atoms with E-state index in [0.29, 0.717) is 0 Å². The Hall–Kier alpha value is -5.74. The van der Waals surface area contributed by atoms with Crippen LogP contribution in [0.4, 0.5) is 0 Å². The average molecular weight is 536 g/mol. The zero-order valence-corrected chi connectivity index (χ0v) is 22.4. The molecule has 4 aromatic heterocycles. The summed E-state index contributed by atoms with van der Waals surface area (Å²) in [4.78, 5) is 10.4. The molecule has 0 N–H and O–H groups in total. The summed E-state index contributed by atoms with van der Waals surface area (Å²) in [6.07, 6.45) is 0. The highest BCUT2D eigenvalue weighted by molar-refractivity contribution is 6.33. The Morgan fingerprint density at radius 1 is 0.500 bits per heavy atom. The molecule has 4 heteroatoms. The smallest absolute Gasteiger partial charge is 0.161 e. The molecule has 0 atom stereocenters. The Bertz CT molecular complexity index is 2680. The summed E-state index contributed by atoms with van der Waals surface area (Å²) >= 11 is 0. The minimum atomic E-state index is 0.821. The number of para-hydroxylation sites is 4. The van der Waals surface area contributed by atoms with Crippen LogP contribution in [-0.4, -0.2) is 14.4 Å². The van der Waals surface area contributed by atoms with Crippen LogP contribution < -0.4 is 0 Å². The Morgan fingerprint density at radius 3 is 1.95 bits per heavy atom. The fourth-order valence-electron chi connectivity index (χ4n) is 6.94. The number of nitrogens with zero attached hydrogens (tertiary/aromatic N) is 3. The van der Waals surface area contributed by atoms with Gasteiger partial charge >= 0.3 is 0 Å². The van der Waals surface area contributed by atoms with Crippen LogP contribution in [0.5, 0.6) is 0 Å². The zero-order valence-electron chi connectivity index (χ0n) is 22.4. The van der Waals surface area contributed by atoms with E-state index in [2.05, 4.69) is 89.3 Å². The lowest BCUT2D eigenvalue weighted by Gasteiger charge is -2.13. The second kappa shape index (κ2) is 7.93. The van der Waals surface area contributed by atoms with E-state index >= 15 is 0 Å². The Morgan fingerprint density at radius 2 is 1.14 bits per heavy atom. The molecule has 0 fully saturated rings. The summed E-state index contributed by atoms with van der Waals surface area (Å²) in [5.74, 6) is 0. The summed E-state index contributed by atoms with van der Waals surface area (Å²) in [5.41, 5.74) is 10.5. The maximum Gasteiger partial charge on any atom is 0.161 e. The molecule has 4 nitrogen and oxygen atoms in total. The Labute approximate surface area is 239 Å². The van der Waals surface area contributed by atoms with Gasteiger partial charge in [-0.15, -0.1) is 0 Å². The van der Waals surface area contributed by atoms with Crippen molar-refractivity contribution in [2.45, 2.75) is 0 Å². The van der Waals surface area contributed by atoms with Gasteiger partial charge in [-0.05, 0) is 47.2 Å². The normalized spacial score (nSPS) is 12.3. The predicted molar refractivity (Wildman–Crippen MR) is 172 cm³/mol. The number of hydrogen-bond donors (Lipinski definition) is 0. The van der Waals surface area contributed by atoms with Gasteiger partial charge in [0.05, 0.1) is 33.1 Å². The number of aromatic nitrogens is 3. The minimum absolute atomic E-state index is 0.821. The van der Waals surface area contributed by atoms with Crippen LogP contribution in [0, 0.1) is 0 Å². The molecular weight excluding hydrogens is 514 g/mol. The molecule has 0 unspecified atom stereocenters. The van der Waals surface area contributed by atoms with Crippen LogP contribution in [0.25, 0.3) is 93.6 Å². The highest BCUT2D eigenvalue weighted by Gasteiger charge is 2.26. The topological polar surface area (TPSA) is 43.3 Å². The predicted octanol–water partition coefficient (Wildman–Crippen LogP) is 10.0. The third-order valence-electron chi connectivity index (χ3n) is 8.70. The van der Waals surface area contributed by atoms with Gasteiger partial charge in [-0.3, -0.25) is 0 Å². The van der Waals surface area contributed by atoms with Crippen LogP contribution in [-0.2, 0) is 0 Å². The van der Waals surface area contributed by atoms with Gasteiger partial charge in [0.2, 0.25) is 0 Å². The number of furan rings is 1. The van der Waals surface area contributed by atoms with Crippen molar-refractivity contribution in [3.63, 3.8) is 0 Å². The lowest BCUT2D eigenvalue weighted by Crippen LogP contribution is -1.96. The molecule has 0 bridgehead atoms. The van der Waals surface area contributed by atoms with Crippen molar-refractivity contribution >= 4 is 71.1 Å². The van der Waals surface area contributed by atoms with Gasteiger partial charge in [-0.2, -0.15) is 0 Å². The third-order valence-corrected chi connectivity index (χ3v) is 8.70. The molecule has 6 aromatic carbocycles. The van der Waals surface area contributed by atoms with Crippen molar-refractivity contribution in [3.05, 3.63) is 127 Å². The first kappa shape index (κ1) is 22.0. The van der Waals surface area contributed by atoms with Gasteiger partial charge in [0, 0.05) is 27.3 Å². The maximum atomic E-state index is 7.00. The van der Waals surface area contributed by atoms with Gasteiger partial charge in [0.25, 0.3) is 0 Å². The van der Waals surface area contributed by atoms with Crippen molar-refractivity contribution in [2.24, 2.45) is 0 Å². The standard InChI is InChI=1S/C38H21N3O/c1-2-11-22(12-3-1)34-35(40-29-18-7-6-17-28(29)39-34)27-21-23-13-10-16-25-24-14-4-8-19-30(24)41-31-20-9-5-15-26(31)38-36(41)33(32(23)25)37(27)42-38/h1-21H. The minimum Gasteiger partial charge on any atom is -0.453 e. The Balaban J connectivity index is 1.49. The van der Waals surface area contributed by atoms with Crippen molar-refractivity contribution in [2.75, 3.05) is 0 Å². The van der Waals surface area contributed by atoms with Crippen molar-refractivity contribution in [1.29, 1.82) is 0 Å². The largest absolute Gasteiger partial charge is 0.453 e. The number of rotatable bonds is 2. The van der Waals surface area contributed by atoms with Gasteiger partial charge in [-0.1, -0.05) is 91.0 Å². The van der Waals surface area contributed by atoms with Crippen LogP contribution in [0.15, 0.2) is 132 Å². The van der Waals surface area contributed by atoms with E-state index < -0.39 is 0 Å². The number of benzene rings is 6. The quantitative estimate of drug-likeness (QED) is 0.221. The first-order valence-corrected chi connectivity index (χ1v) is 14.2. The van der Waals surface area contributed by atoms with Gasteiger partial charge < -0.3 is 8.82 Å². The van der Waals surface area contributed by atoms with E-state index in [1.165, 1.54) is 16.2 Å². The summed E-state index contributed by atoms with van der Waals surface area (Å²) in [6, 6.07) is 44.5. The van der Waals surface area contributed by atoms with E-state index in [9.17, 15) is 0 Å². The van der Waals surface area contributed by atoms with E-state index in [1.807, 2.05) is 42.5 Å². The molecule has 10 rings (SSSR count). The number of fused-ring (bicyclic) bond motifs is 7. The fourth-order valence-corrected chi connectivity index (χ4v) is 6.94. The molecule has 42 heavy (non-hydrogen) atoms. The molecule has 0 amide bonds. The van der Waals surface area contributed by atoms with Crippen molar-refractivity contribution in [3.8, 4) is 22.5 Å². The van der Waals surface area contributed by atoms with Crippen LogP contribution >= 0.6 is 0 Å². The lowest BCUT2D eigenvalue weighted by atomic mass is 9.95. The summed E-state index contributed by atoms with van der Waals surface area (Å²) < 4.78 is 9.39. The highest BCUT2D eigenvalue weighted by atomic mass is 16.3. The average Bonchev–Trinajstić information content (AvgIpc) is 3.55. The first-order valence-electron chi connectivity index (χ1n) is 14.2. The molecule has 0 aliphatic heterocycles. The lowest BCUT2D eigenvalue weighted by molar-refractivity contribution is 0.674. The zero-order chi connectivity index (χ0) is 27.4. The highest BCUT2D eigenvalue weighted by Crippen LogP contribution is 2.48. The van der Waals surface area contributed by atoms with Gasteiger partial charge in [0.1, 0.15) is 16.8 Å². The molecule has 194 valence electrons. The molecule has 0 spiro atoms. The van der Waals surface area contributed by atoms with Gasteiger partial charge in [0.15, 0.2) is 5.58 Å². The van der Waals surface area contributed by atoms with Crippen LogP contribution in [0.3, 0.4) is 0 Å². The van der Waals surface area contributed by atoms with E-state index in [-0.39, 0.29) is 0 Å².